The van der Waals surface area contributed by atoms with Gasteiger partial charge < -0.3 is 10.3 Å². The van der Waals surface area contributed by atoms with Crippen LogP contribution in [-0.4, -0.2) is 15.9 Å². The molecule has 1 aromatic heterocycles. The van der Waals surface area contributed by atoms with Crippen LogP contribution in [0, 0.1) is 6.92 Å². The van der Waals surface area contributed by atoms with Crippen LogP contribution in [0.2, 0.25) is 0 Å². The summed E-state index contributed by atoms with van der Waals surface area (Å²) in [4.78, 5) is 8.53. The van der Waals surface area contributed by atoms with Crippen molar-refractivity contribution < 1.29 is 0 Å². The summed E-state index contributed by atoms with van der Waals surface area (Å²) in [6.07, 6.45) is 5.24. The highest BCUT2D eigenvalue weighted by Gasteiger charge is 2.06. The summed E-state index contributed by atoms with van der Waals surface area (Å²) in [6.45, 7) is 6.29. The maximum absolute atomic E-state index is 5.31. The summed E-state index contributed by atoms with van der Waals surface area (Å²) in [5.41, 5.74) is 9.37. The van der Waals surface area contributed by atoms with E-state index in [4.69, 9.17) is 5.73 Å². The summed E-state index contributed by atoms with van der Waals surface area (Å²) in [7, 11) is 0. The molecule has 0 spiro atoms. The van der Waals surface area contributed by atoms with E-state index in [1.54, 1.807) is 0 Å². The van der Waals surface area contributed by atoms with Crippen molar-refractivity contribution in [1.29, 1.82) is 0 Å². The highest BCUT2D eigenvalue weighted by atomic mass is 15.0. The van der Waals surface area contributed by atoms with E-state index in [9.17, 15) is 0 Å². The number of hydrogen-bond acceptors (Lipinski definition) is 2. The Morgan fingerprint density at radius 1 is 1.39 bits per heavy atom. The van der Waals surface area contributed by atoms with Crippen molar-refractivity contribution in [3.63, 3.8) is 0 Å². The molecule has 2 N–H and O–H groups in total. The zero-order valence-electron chi connectivity index (χ0n) is 11.0. The molecule has 0 aliphatic rings. The summed E-state index contributed by atoms with van der Waals surface area (Å²) < 4.78 is 2.09. The second-order valence-electron chi connectivity index (χ2n) is 4.58. The van der Waals surface area contributed by atoms with E-state index in [-0.39, 0.29) is 0 Å². The molecular formula is C14H18N4. The first-order chi connectivity index (χ1) is 8.61. The Hall–Kier alpha value is -2.10. The standard InChI is InChI=1S/C14H18N4/c1-10(2)18-7-14(17-9-18)12-4-5-13(16-8-15)11(3)6-12/h4-10H,1-3H3,(H2,15,16). The molecule has 0 saturated heterocycles. The molecular weight excluding hydrogens is 224 g/mol. The van der Waals surface area contributed by atoms with E-state index in [1.807, 2.05) is 25.4 Å². The minimum atomic E-state index is 0.425. The smallest absolute Gasteiger partial charge is 0.0956 e. The number of benzene rings is 1. The molecule has 2 aromatic rings. The van der Waals surface area contributed by atoms with Crippen molar-refractivity contribution in [1.82, 2.24) is 9.55 Å². The monoisotopic (exact) mass is 242 g/mol. The minimum Gasteiger partial charge on any atom is -0.390 e. The third kappa shape index (κ3) is 2.42. The van der Waals surface area contributed by atoms with E-state index in [1.165, 1.54) is 6.34 Å². The molecule has 0 aliphatic heterocycles. The number of aryl methyl sites for hydroxylation is 1. The highest BCUT2D eigenvalue weighted by molar-refractivity contribution is 5.67. The molecule has 0 amide bonds. The predicted molar refractivity (Wildman–Crippen MR) is 75.1 cm³/mol. The number of imidazole rings is 1. The Morgan fingerprint density at radius 2 is 2.17 bits per heavy atom. The topological polar surface area (TPSA) is 56.2 Å². The summed E-state index contributed by atoms with van der Waals surface area (Å²) in [5.74, 6) is 0. The lowest BCUT2D eigenvalue weighted by Gasteiger charge is -2.05. The van der Waals surface area contributed by atoms with Crippen LogP contribution in [0.3, 0.4) is 0 Å². The Labute approximate surface area is 107 Å². The first-order valence-corrected chi connectivity index (χ1v) is 6.00. The van der Waals surface area contributed by atoms with Crippen molar-refractivity contribution in [3.8, 4) is 11.3 Å². The van der Waals surface area contributed by atoms with Crippen molar-refractivity contribution in [2.75, 3.05) is 0 Å². The van der Waals surface area contributed by atoms with Gasteiger partial charge in [0.2, 0.25) is 0 Å². The van der Waals surface area contributed by atoms with Gasteiger partial charge in [0.15, 0.2) is 0 Å². The second kappa shape index (κ2) is 5.04. The van der Waals surface area contributed by atoms with Gasteiger partial charge in [-0.15, -0.1) is 0 Å². The lowest BCUT2D eigenvalue weighted by atomic mass is 10.1. The molecule has 4 nitrogen and oxygen atoms in total. The highest BCUT2D eigenvalue weighted by Crippen LogP contribution is 2.25. The molecule has 0 aliphatic carbocycles. The number of aliphatic imine (C=N–C) groups is 1. The van der Waals surface area contributed by atoms with Gasteiger partial charge in [-0.3, -0.25) is 0 Å². The van der Waals surface area contributed by atoms with Gasteiger partial charge in [0.1, 0.15) is 0 Å². The number of hydrogen-bond donors (Lipinski definition) is 1. The van der Waals surface area contributed by atoms with Gasteiger partial charge in [-0.05, 0) is 38.5 Å². The number of aromatic nitrogens is 2. The third-order valence-electron chi connectivity index (χ3n) is 2.90. The Balaban J connectivity index is 2.36. The second-order valence-corrected chi connectivity index (χ2v) is 4.58. The maximum Gasteiger partial charge on any atom is 0.0956 e. The quantitative estimate of drug-likeness (QED) is 0.664. The molecule has 0 fully saturated rings. The molecule has 0 atom stereocenters. The van der Waals surface area contributed by atoms with Crippen LogP contribution >= 0.6 is 0 Å². The van der Waals surface area contributed by atoms with Crippen LogP contribution in [0.5, 0.6) is 0 Å². The van der Waals surface area contributed by atoms with Gasteiger partial charge >= 0.3 is 0 Å². The average molecular weight is 242 g/mol. The predicted octanol–water partition coefficient (Wildman–Crippen LogP) is 3.06. The molecule has 0 radical (unpaired) electrons. The van der Waals surface area contributed by atoms with Crippen molar-refractivity contribution in [2.45, 2.75) is 26.8 Å². The normalized spacial score (nSPS) is 11.6. The van der Waals surface area contributed by atoms with Crippen LogP contribution in [0.1, 0.15) is 25.5 Å². The lowest BCUT2D eigenvalue weighted by molar-refractivity contribution is 0.600. The lowest BCUT2D eigenvalue weighted by Crippen LogP contribution is -1.95. The molecule has 1 heterocycles. The molecule has 0 saturated carbocycles. The Morgan fingerprint density at radius 3 is 2.72 bits per heavy atom. The number of nitrogens with zero attached hydrogens (tertiary/aromatic N) is 3. The first-order valence-electron chi connectivity index (χ1n) is 6.00. The summed E-state index contributed by atoms with van der Waals surface area (Å²) in [6, 6.07) is 6.48. The van der Waals surface area contributed by atoms with Gasteiger partial charge in [0.25, 0.3) is 0 Å². The molecule has 1 aromatic carbocycles. The van der Waals surface area contributed by atoms with Crippen molar-refractivity contribution >= 4 is 12.0 Å². The van der Waals surface area contributed by atoms with Gasteiger partial charge in [-0.2, -0.15) is 0 Å². The molecule has 0 unspecified atom stereocenters. The largest absolute Gasteiger partial charge is 0.390 e. The van der Waals surface area contributed by atoms with Crippen LogP contribution in [-0.2, 0) is 0 Å². The van der Waals surface area contributed by atoms with Gasteiger partial charge in [-0.1, -0.05) is 6.07 Å². The van der Waals surface area contributed by atoms with Gasteiger partial charge in [0.05, 0.1) is 24.0 Å². The zero-order chi connectivity index (χ0) is 13.1. The van der Waals surface area contributed by atoms with E-state index < -0.39 is 0 Å². The van der Waals surface area contributed by atoms with Gasteiger partial charge in [0, 0.05) is 17.8 Å². The summed E-state index contributed by atoms with van der Waals surface area (Å²) in [5, 5.41) is 0. The fourth-order valence-corrected chi connectivity index (χ4v) is 1.81. The fourth-order valence-electron chi connectivity index (χ4n) is 1.81. The molecule has 18 heavy (non-hydrogen) atoms. The molecule has 94 valence electrons. The molecule has 2 rings (SSSR count). The maximum atomic E-state index is 5.31. The van der Waals surface area contributed by atoms with Gasteiger partial charge in [-0.25, -0.2) is 9.98 Å². The first kappa shape index (κ1) is 12.4. The third-order valence-corrected chi connectivity index (χ3v) is 2.90. The fraction of sp³-hybridized carbons (Fsp3) is 0.286. The zero-order valence-corrected chi connectivity index (χ0v) is 11.0. The van der Waals surface area contributed by atoms with Crippen LogP contribution < -0.4 is 5.73 Å². The summed E-state index contributed by atoms with van der Waals surface area (Å²) >= 11 is 0. The number of rotatable bonds is 3. The SMILES string of the molecule is Cc1cc(-c2cn(C(C)C)cn2)ccc1N=CN. The number of nitrogens with two attached hydrogens (primary N) is 1. The Kier molecular flexibility index (Phi) is 3.46. The molecule has 0 bridgehead atoms. The van der Waals surface area contributed by atoms with E-state index in [2.05, 4.69) is 40.7 Å². The van der Waals surface area contributed by atoms with Crippen molar-refractivity contribution in [3.05, 3.63) is 36.3 Å². The van der Waals surface area contributed by atoms with Crippen LogP contribution in [0.25, 0.3) is 11.3 Å². The Bertz CT molecular complexity index is 567. The van der Waals surface area contributed by atoms with Crippen molar-refractivity contribution in [2.24, 2.45) is 10.7 Å². The van der Waals surface area contributed by atoms with E-state index in [0.29, 0.717) is 6.04 Å². The van der Waals surface area contributed by atoms with Crippen LogP contribution in [0.4, 0.5) is 5.69 Å². The molecule has 4 heteroatoms. The minimum absolute atomic E-state index is 0.425. The average Bonchev–Trinajstić information content (AvgIpc) is 2.81. The van der Waals surface area contributed by atoms with E-state index in [0.717, 1.165) is 22.5 Å². The van der Waals surface area contributed by atoms with Crippen LogP contribution in [0.15, 0.2) is 35.7 Å². The van der Waals surface area contributed by atoms with E-state index >= 15 is 0 Å².